The van der Waals surface area contributed by atoms with Gasteiger partial charge in [0.1, 0.15) is 5.75 Å². The number of rotatable bonds is 4. The number of halogens is 1. The van der Waals surface area contributed by atoms with Crippen LogP contribution < -0.4 is 4.74 Å². The Hall–Kier alpha value is -1.67. The van der Waals surface area contributed by atoms with Gasteiger partial charge in [-0.1, -0.05) is 25.1 Å². The Morgan fingerprint density at radius 1 is 1.56 bits per heavy atom. The molecule has 0 amide bonds. The zero-order valence-corrected chi connectivity index (χ0v) is 9.58. The number of para-hydroxylation sites is 1. The van der Waals surface area contributed by atoms with E-state index in [0.717, 1.165) is 12.0 Å². The minimum Gasteiger partial charge on any atom is -0.496 e. The molecule has 0 aliphatic carbocycles. The lowest BCUT2D eigenvalue weighted by Crippen LogP contribution is -2.14. The number of carbonyl (C=O) groups excluding carboxylic acids is 1. The van der Waals surface area contributed by atoms with E-state index in [2.05, 4.69) is 4.99 Å². The van der Waals surface area contributed by atoms with E-state index in [0.29, 0.717) is 5.75 Å². The summed E-state index contributed by atoms with van der Waals surface area (Å²) >= 11 is 0. The van der Waals surface area contributed by atoms with Gasteiger partial charge >= 0.3 is 0 Å². The lowest BCUT2D eigenvalue weighted by atomic mass is 10.0. The molecule has 1 rings (SSSR count). The standard InChI is InChI=1S/C12H14FNO2/c1-4-9-6-5-7-10(11(9)16-3)12(2,13)14-8-15/h5-7H,4H2,1-3H3. The molecule has 4 heteroatoms. The highest BCUT2D eigenvalue weighted by atomic mass is 19.1. The Bertz CT molecular complexity index is 423. The first-order valence-electron chi connectivity index (χ1n) is 5.01. The van der Waals surface area contributed by atoms with E-state index in [1.165, 1.54) is 20.1 Å². The second kappa shape index (κ2) is 4.90. The molecular weight excluding hydrogens is 209 g/mol. The summed E-state index contributed by atoms with van der Waals surface area (Å²) in [6.07, 6.45) is 1.96. The van der Waals surface area contributed by atoms with Gasteiger partial charge in [0.2, 0.25) is 11.9 Å². The lowest BCUT2D eigenvalue weighted by Gasteiger charge is -2.19. The van der Waals surface area contributed by atoms with Gasteiger partial charge in [-0.15, -0.1) is 0 Å². The Morgan fingerprint density at radius 2 is 2.25 bits per heavy atom. The monoisotopic (exact) mass is 223 g/mol. The van der Waals surface area contributed by atoms with Crippen molar-refractivity contribution in [1.29, 1.82) is 0 Å². The Balaban J connectivity index is 3.38. The maximum absolute atomic E-state index is 14.1. The number of hydrogen-bond acceptors (Lipinski definition) is 3. The molecule has 1 atom stereocenters. The van der Waals surface area contributed by atoms with Crippen LogP contribution in [-0.2, 0) is 17.0 Å². The zero-order chi connectivity index (χ0) is 12.2. The molecule has 0 aliphatic heterocycles. The number of nitrogens with zero attached hydrogens (tertiary/aromatic N) is 1. The number of ether oxygens (including phenoxy) is 1. The number of aryl methyl sites for hydroxylation is 1. The van der Waals surface area contributed by atoms with E-state index >= 15 is 0 Å². The Labute approximate surface area is 94.0 Å². The summed E-state index contributed by atoms with van der Waals surface area (Å²) in [7, 11) is 1.47. The number of alkyl halides is 1. The molecule has 3 nitrogen and oxygen atoms in total. The molecule has 1 aromatic carbocycles. The first-order chi connectivity index (χ1) is 7.56. The van der Waals surface area contributed by atoms with Gasteiger partial charge in [0, 0.05) is 0 Å². The fourth-order valence-corrected chi connectivity index (χ4v) is 1.61. The van der Waals surface area contributed by atoms with Crippen LogP contribution >= 0.6 is 0 Å². The molecule has 0 bridgehead atoms. The number of hydrogen-bond donors (Lipinski definition) is 0. The van der Waals surface area contributed by atoms with Crippen molar-refractivity contribution >= 4 is 6.08 Å². The molecule has 16 heavy (non-hydrogen) atoms. The summed E-state index contributed by atoms with van der Waals surface area (Å²) in [5.74, 6) is -1.66. The summed E-state index contributed by atoms with van der Waals surface area (Å²) in [6, 6.07) is 5.12. The van der Waals surface area contributed by atoms with Crippen LogP contribution in [-0.4, -0.2) is 13.2 Å². The second-order valence-electron chi connectivity index (χ2n) is 3.51. The molecule has 0 N–H and O–H groups in total. The molecule has 0 spiro atoms. The smallest absolute Gasteiger partial charge is 0.238 e. The average Bonchev–Trinajstić information content (AvgIpc) is 2.27. The molecule has 1 aromatic rings. The third-order valence-electron chi connectivity index (χ3n) is 2.43. The molecular formula is C12H14FNO2. The summed E-state index contributed by atoms with van der Waals surface area (Å²) in [5.41, 5.74) is 1.13. The van der Waals surface area contributed by atoms with Crippen molar-refractivity contribution in [2.75, 3.05) is 7.11 Å². The molecule has 0 fully saturated rings. The van der Waals surface area contributed by atoms with Gasteiger partial charge < -0.3 is 4.74 Å². The Kier molecular flexibility index (Phi) is 3.80. The van der Waals surface area contributed by atoms with Crippen LogP contribution in [0.2, 0.25) is 0 Å². The SMILES string of the molecule is CCc1cccc(C(C)(F)N=C=O)c1OC. The molecule has 0 heterocycles. The zero-order valence-electron chi connectivity index (χ0n) is 9.58. The third-order valence-corrected chi connectivity index (χ3v) is 2.43. The van der Waals surface area contributed by atoms with Crippen molar-refractivity contribution < 1.29 is 13.9 Å². The number of isocyanates is 1. The van der Waals surface area contributed by atoms with E-state index in [1.807, 2.05) is 13.0 Å². The van der Waals surface area contributed by atoms with Gasteiger partial charge in [0.15, 0.2) is 0 Å². The van der Waals surface area contributed by atoms with Crippen molar-refractivity contribution in [1.82, 2.24) is 0 Å². The maximum Gasteiger partial charge on any atom is 0.238 e. The van der Waals surface area contributed by atoms with Crippen LogP contribution in [0.1, 0.15) is 25.0 Å². The van der Waals surface area contributed by atoms with Crippen molar-refractivity contribution in [2.24, 2.45) is 4.99 Å². The molecule has 86 valence electrons. The van der Waals surface area contributed by atoms with Gasteiger partial charge in [-0.2, -0.15) is 4.99 Å². The predicted molar refractivity (Wildman–Crippen MR) is 59.0 cm³/mol. The highest BCUT2D eigenvalue weighted by molar-refractivity contribution is 5.46. The molecule has 0 aliphatic rings. The first-order valence-corrected chi connectivity index (χ1v) is 5.01. The molecule has 0 saturated carbocycles. The Morgan fingerprint density at radius 3 is 2.75 bits per heavy atom. The fourth-order valence-electron chi connectivity index (χ4n) is 1.61. The highest BCUT2D eigenvalue weighted by Crippen LogP contribution is 2.36. The molecule has 0 aromatic heterocycles. The average molecular weight is 223 g/mol. The normalized spacial score (nSPS) is 13.8. The van der Waals surface area contributed by atoms with Crippen LogP contribution in [0.3, 0.4) is 0 Å². The van der Waals surface area contributed by atoms with Gasteiger partial charge in [-0.05, 0) is 18.9 Å². The van der Waals surface area contributed by atoms with E-state index in [1.54, 1.807) is 12.1 Å². The van der Waals surface area contributed by atoms with Crippen molar-refractivity contribution in [3.8, 4) is 5.75 Å². The van der Waals surface area contributed by atoms with E-state index in [9.17, 15) is 9.18 Å². The topological polar surface area (TPSA) is 38.7 Å². The third kappa shape index (κ3) is 2.28. The van der Waals surface area contributed by atoms with Crippen LogP contribution in [0.4, 0.5) is 4.39 Å². The highest BCUT2D eigenvalue weighted by Gasteiger charge is 2.29. The van der Waals surface area contributed by atoms with Crippen molar-refractivity contribution in [3.63, 3.8) is 0 Å². The van der Waals surface area contributed by atoms with E-state index < -0.39 is 5.79 Å². The van der Waals surface area contributed by atoms with Crippen LogP contribution in [0.15, 0.2) is 23.2 Å². The van der Waals surface area contributed by atoms with Gasteiger partial charge in [-0.3, -0.25) is 0 Å². The molecule has 0 saturated heterocycles. The summed E-state index contributed by atoms with van der Waals surface area (Å²) in [4.78, 5) is 13.3. The minimum absolute atomic E-state index is 0.248. The number of aliphatic imine (C=N–C) groups is 1. The van der Waals surface area contributed by atoms with Gasteiger partial charge in [-0.25, -0.2) is 9.18 Å². The van der Waals surface area contributed by atoms with E-state index in [-0.39, 0.29) is 5.56 Å². The lowest BCUT2D eigenvalue weighted by molar-refractivity contribution is 0.198. The summed E-state index contributed by atoms with van der Waals surface area (Å²) < 4.78 is 19.2. The quantitative estimate of drug-likeness (QED) is 0.447. The second-order valence-corrected chi connectivity index (χ2v) is 3.51. The van der Waals surface area contributed by atoms with Gasteiger partial charge in [0.05, 0.1) is 12.7 Å². The summed E-state index contributed by atoms with van der Waals surface area (Å²) in [5, 5.41) is 0. The van der Waals surface area contributed by atoms with Crippen LogP contribution in [0.25, 0.3) is 0 Å². The predicted octanol–water partition coefficient (Wildman–Crippen LogP) is 2.74. The fraction of sp³-hybridized carbons (Fsp3) is 0.417. The molecule has 0 radical (unpaired) electrons. The maximum atomic E-state index is 14.1. The minimum atomic E-state index is -2.10. The van der Waals surface area contributed by atoms with Gasteiger partial charge in [0.25, 0.3) is 0 Å². The number of methoxy groups -OCH3 is 1. The number of benzene rings is 1. The van der Waals surface area contributed by atoms with Crippen LogP contribution in [0, 0.1) is 0 Å². The van der Waals surface area contributed by atoms with Crippen LogP contribution in [0.5, 0.6) is 5.75 Å². The van der Waals surface area contributed by atoms with E-state index in [4.69, 9.17) is 4.74 Å². The molecule has 1 unspecified atom stereocenters. The first kappa shape index (κ1) is 12.4. The van der Waals surface area contributed by atoms with Crippen molar-refractivity contribution in [3.05, 3.63) is 29.3 Å². The largest absolute Gasteiger partial charge is 0.496 e. The van der Waals surface area contributed by atoms with Crippen molar-refractivity contribution in [2.45, 2.75) is 26.1 Å². The summed E-state index contributed by atoms with van der Waals surface area (Å²) in [6.45, 7) is 3.15.